The summed E-state index contributed by atoms with van der Waals surface area (Å²) >= 11 is 0. The van der Waals surface area contributed by atoms with Crippen LogP contribution in [0.3, 0.4) is 0 Å². The maximum atomic E-state index is 12.8. The van der Waals surface area contributed by atoms with Gasteiger partial charge in [-0.25, -0.2) is 10.8 Å². The fourth-order valence-electron chi connectivity index (χ4n) is 2.27. The topological polar surface area (TPSA) is 96.2 Å². The number of carbonyl (C=O) groups is 1. The molecule has 0 saturated carbocycles. The number of nitrogens with one attached hydrogen (secondary N) is 2. The maximum absolute atomic E-state index is 12.8. The molecule has 21 heavy (non-hydrogen) atoms. The molecule has 0 aromatic carbocycles. The zero-order chi connectivity index (χ0) is 15.6. The van der Waals surface area contributed by atoms with Gasteiger partial charge in [-0.1, -0.05) is 0 Å². The number of hydrazine groups is 1. The molecule has 1 aromatic heterocycles. The Morgan fingerprint density at radius 1 is 1.48 bits per heavy atom. The van der Waals surface area contributed by atoms with Crippen molar-refractivity contribution in [1.29, 1.82) is 0 Å². The van der Waals surface area contributed by atoms with Gasteiger partial charge in [-0.05, 0) is 12.8 Å². The Bertz CT molecular complexity index is 535. The van der Waals surface area contributed by atoms with E-state index in [2.05, 4.69) is 15.3 Å². The van der Waals surface area contributed by atoms with E-state index in [0.29, 0.717) is 19.4 Å². The molecule has 2 heterocycles. The van der Waals surface area contributed by atoms with Crippen LogP contribution in [0, 0.1) is 0 Å². The summed E-state index contributed by atoms with van der Waals surface area (Å²) < 4.78 is 38.5. The molecule has 0 aliphatic carbocycles. The molecule has 10 heteroatoms. The number of likely N-dealkylation sites (N-methyl/N-ethyl adjacent to an activating group) is 1. The average molecular weight is 304 g/mol. The molecule has 1 saturated heterocycles. The third-order valence-electron chi connectivity index (χ3n) is 3.23. The van der Waals surface area contributed by atoms with Crippen LogP contribution in [0.1, 0.15) is 18.5 Å². The van der Waals surface area contributed by atoms with Crippen LogP contribution in [0.4, 0.5) is 24.9 Å². The van der Waals surface area contributed by atoms with Gasteiger partial charge in [0.1, 0.15) is 11.9 Å². The highest BCUT2D eigenvalue weighted by molar-refractivity contribution is 5.85. The van der Waals surface area contributed by atoms with E-state index in [4.69, 9.17) is 5.84 Å². The van der Waals surface area contributed by atoms with Gasteiger partial charge in [-0.3, -0.25) is 10.2 Å². The number of nitrogens with zero attached hydrogens (tertiary/aromatic N) is 3. The maximum Gasteiger partial charge on any atom is 0.433 e. The van der Waals surface area contributed by atoms with Crippen LogP contribution in [0.15, 0.2) is 6.07 Å². The van der Waals surface area contributed by atoms with Crippen molar-refractivity contribution in [2.75, 3.05) is 23.9 Å². The van der Waals surface area contributed by atoms with Crippen LogP contribution >= 0.6 is 0 Å². The summed E-state index contributed by atoms with van der Waals surface area (Å²) in [7, 11) is 1.48. The molecule has 0 bridgehead atoms. The number of hydrogen-bond acceptors (Lipinski definition) is 6. The van der Waals surface area contributed by atoms with Crippen molar-refractivity contribution in [2.45, 2.75) is 25.1 Å². The second-order valence-corrected chi connectivity index (χ2v) is 4.54. The Balaban J connectivity index is 2.40. The fraction of sp³-hybridized carbons (Fsp3) is 0.545. The largest absolute Gasteiger partial charge is 0.433 e. The number of hydrogen-bond donors (Lipinski definition) is 3. The number of carbonyl (C=O) groups excluding carboxylic acids is 1. The Hall–Kier alpha value is -2.10. The Morgan fingerprint density at radius 3 is 2.76 bits per heavy atom. The second kappa shape index (κ2) is 5.72. The number of nitrogens with two attached hydrogens (primary N) is 1. The summed E-state index contributed by atoms with van der Waals surface area (Å²) in [5, 5.41) is 2.49. The van der Waals surface area contributed by atoms with Gasteiger partial charge in [0.25, 0.3) is 0 Å². The van der Waals surface area contributed by atoms with Gasteiger partial charge >= 0.3 is 6.18 Å². The lowest BCUT2D eigenvalue weighted by molar-refractivity contribution is -0.141. The number of alkyl halides is 3. The van der Waals surface area contributed by atoms with Crippen LogP contribution in [-0.4, -0.2) is 35.5 Å². The van der Waals surface area contributed by atoms with Gasteiger partial charge in [0, 0.05) is 19.7 Å². The van der Waals surface area contributed by atoms with Gasteiger partial charge in [0.05, 0.1) is 0 Å². The number of anilines is 2. The molecule has 1 fully saturated rings. The predicted molar refractivity (Wildman–Crippen MR) is 69.3 cm³/mol. The lowest BCUT2D eigenvalue weighted by atomic mass is 10.2. The van der Waals surface area contributed by atoms with Gasteiger partial charge in [0.2, 0.25) is 11.9 Å². The van der Waals surface area contributed by atoms with Gasteiger partial charge in [0.15, 0.2) is 5.69 Å². The molecule has 1 unspecified atom stereocenters. The zero-order valence-electron chi connectivity index (χ0n) is 11.2. The summed E-state index contributed by atoms with van der Waals surface area (Å²) in [6.45, 7) is 0.441. The van der Waals surface area contributed by atoms with E-state index in [-0.39, 0.29) is 17.7 Å². The summed E-state index contributed by atoms with van der Waals surface area (Å²) in [5.41, 5.74) is 0.904. The minimum absolute atomic E-state index is 0.0244. The molecular formula is C11H15F3N6O. The van der Waals surface area contributed by atoms with Crippen molar-refractivity contribution in [3.8, 4) is 0 Å². The number of nitrogen functional groups attached to an aromatic ring is 1. The van der Waals surface area contributed by atoms with Crippen molar-refractivity contribution >= 4 is 17.7 Å². The zero-order valence-corrected chi connectivity index (χ0v) is 11.2. The van der Waals surface area contributed by atoms with Crippen LogP contribution in [0.2, 0.25) is 0 Å². The predicted octanol–water partition coefficient (Wildman–Crippen LogP) is 0.496. The van der Waals surface area contributed by atoms with Crippen LogP contribution in [0.25, 0.3) is 0 Å². The first kappa shape index (κ1) is 15.3. The molecule has 1 amide bonds. The standard InChI is InChI=1S/C11H15F3N6O/c1-16-9(21)6-3-2-4-20(6)8-5-7(11(12,13)14)17-10(18-8)19-15/h5-6H,2-4,15H2,1H3,(H,16,21)(H,17,18,19). The van der Waals surface area contributed by atoms with Gasteiger partial charge in [-0.15, -0.1) is 0 Å². The van der Waals surface area contributed by atoms with Gasteiger partial charge < -0.3 is 10.2 Å². The van der Waals surface area contributed by atoms with Crippen LogP contribution in [0.5, 0.6) is 0 Å². The van der Waals surface area contributed by atoms with Crippen molar-refractivity contribution in [3.05, 3.63) is 11.8 Å². The molecule has 2 rings (SSSR count). The first-order valence-corrected chi connectivity index (χ1v) is 6.28. The molecule has 4 N–H and O–H groups in total. The number of amides is 1. The minimum atomic E-state index is -4.62. The van der Waals surface area contributed by atoms with Gasteiger partial charge in [-0.2, -0.15) is 18.2 Å². The first-order chi connectivity index (χ1) is 9.86. The highest BCUT2D eigenvalue weighted by Crippen LogP contribution is 2.32. The van der Waals surface area contributed by atoms with E-state index in [1.54, 1.807) is 0 Å². The Morgan fingerprint density at radius 2 is 2.19 bits per heavy atom. The molecule has 1 aliphatic heterocycles. The van der Waals surface area contributed by atoms with E-state index < -0.39 is 17.9 Å². The van der Waals surface area contributed by atoms with Crippen LogP contribution < -0.4 is 21.5 Å². The highest BCUT2D eigenvalue weighted by atomic mass is 19.4. The fourth-order valence-corrected chi connectivity index (χ4v) is 2.27. The van der Waals surface area contributed by atoms with E-state index in [9.17, 15) is 18.0 Å². The SMILES string of the molecule is CNC(=O)C1CCCN1c1cc(C(F)(F)F)nc(NN)n1. The van der Waals surface area contributed by atoms with Crippen molar-refractivity contribution in [2.24, 2.45) is 5.84 Å². The Labute approximate surface area is 118 Å². The lowest BCUT2D eigenvalue weighted by Crippen LogP contribution is -2.42. The lowest BCUT2D eigenvalue weighted by Gasteiger charge is -2.25. The monoisotopic (exact) mass is 304 g/mol. The summed E-state index contributed by atoms with van der Waals surface area (Å²) in [5.74, 6) is 4.53. The summed E-state index contributed by atoms with van der Waals surface area (Å²) in [4.78, 5) is 20.5. The van der Waals surface area contributed by atoms with E-state index in [0.717, 1.165) is 6.07 Å². The quantitative estimate of drug-likeness (QED) is 0.556. The molecule has 116 valence electrons. The summed E-state index contributed by atoms with van der Waals surface area (Å²) in [6.07, 6.45) is -3.38. The third kappa shape index (κ3) is 3.15. The molecule has 0 radical (unpaired) electrons. The van der Waals surface area contributed by atoms with Crippen molar-refractivity contribution in [1.82, 2.24) is 15.3 Å². The number of rotatable bonds is 3. The van der Waals surface area contributed by atoms with E-state index >= 15 is 0 Å². The summed E-state index contributed by atoms with van der Waals surface area (Å²) in [6, 6.07) is 0.277. The number of halogens is 3. The molecule has 7 nitrogen and oxygen atoms in total. The van der Waals surface area contributed by atoms with E-state index in [1.807, 2.05) is 5.43 Å². The highest BCUT2D eigenvalue weighted by Gasteiger charge is 2.36. The molecule has 1 atom stereocenters. The normalized spacial score (nSPS) is 18.7. The van der Waals surface area contributed by atoms with E-state index in [1.165, 1.54) is 11.9 Å². The smallest absolute Gasteiger partial charge is 0.357 e. The van der Waals surface area contributed by atoms with Crippen LogP contribution in [-0.2, 0) is 11.0 Å². The number of aromatic nitrogens is 2. The second-order valence-electron chi connectivity index (χ2n) is 4.54. The molecule has 1 aromatic rings. The molecule has 0 spiro atoms. The third-order valence-corrected chi connectivity index (χ3v) is 3.23. The minimum Gasteiger partial charge on any atom is -0.357 e. The molecule has 1 aliphatic rings. The van der Waals surface area contributed by atoms with Crippen molar-refractivity contribution in [3.63, 3.8) is 0 Å². The molecular weight excluding hydrogens is 289 g/mol. The Kier molecular flexibility index (Phi) is 4.16. The first-order valence-electron chi connectivity index (χ1n) is 6.28. The average Bonchev–Trinajstić information content (AvgIpc) is 2.94. The van der Waals surface area contributed by atoms with Crippen molar-refractivity contribution < 1.29 is 18.0 Å².